The van der Waals surface area contributed by atoms with Crippen molar-refractivity contribution in [1.82, 2.24) is 9.38 Å². The van der Waals surface area contributed by atoms with E-state index in [9.17, 15) is 4.79 Å². The molecule has 0 aliphatic rings. The van der Waals surface area contributed by atoms with Crippen LogP contribution in [0.25, 0.3) is 5.65 Å². The fourth-order valence-electron chi connectivity index (χ4n) is 1.26. The minimum Gasteiger partial charge on any atom is -0.296 e. The summed E-state index contributed by atoms with van der Waals surface area (Å²) in [5.41, 5.74) is 1.80. The molecule has 0 saturated carbocycles. The van der Waals surface area contributed by atoms with Gasteiger partial charge in [0.1, 0.15) is 11.3 Å². The second-order valence-electron chi connectivity index (χ2n) is 2.55. The van der Waals surface area contributed by atoms with E-state index < -0.39 is 0 Å². The van der Waals surface area contributed by atoms with Gasteiger partial charge in [0.15, 0.2) is 6.29 Å². The molecule has 0 fully saturated rings. The van der Waals surface area contributed by atoms with Crippen LogP contribution >= 0.6 is 0 Å². The number of nitrogens with zero attached hydrogens (tertiary/aromatic N) is 2. The first-order chi connectivity index (χ1) is 6.36. The molecule has 0 radical (unpaired) electrons. The minimum absolute atomic E-state index is 0.476. The van der Waals surface area contributed by atoms with Crippen LogP contribution in [0.5, 0.6) is 0 Å². The summed E-state index contributed by atoms with van der Waals surface area (Å²) in [6.45, 7) is 0. The highest BCUT2D eigenvalue weighted by molar-refractivity contribution is 5.74. The van der Waals surface area contributed by atoms with Gasteiger partial charge in [0.25, 0.3) is 0 Å². The van der Waals surface area contributed by atoms with Crippen molar-refractivity contribution in [3.05, 3.63) is 35.8 Å². The van der Waals surface area contributed by atoms with E-state index in [1.54, 1.807) is 16.5 Å². The molecule has 13 heavy (non-hydrogen) atoms. The van der Waals surface area contributed by atoms with Gasteiger partial charge in [-0.3, -0.25) is 9.20 Å². The van der Waals surface area contributed by atoms with Gasteiger partial charge in [-0.05, 0) is 12.1 Å². The van der Waals surface area contributed by atoms with Crippen LogP contribution in [0.2, 0.25) is 0 Å². The zero-order valence-corrected chi connectivity index (χ0v) is 6.77. The third kappa shape index (κ3) is 1.00. The summed E-state index contributed by atoms with van der Waals surface area (Å²) in [6.07, 6.45) is 7.52. The van der Waals surface area contributed by atoms with E-state index in [1.165, 1.54) is 6.20 Å². The fourth-order valence-corrected chi connectivity index (χ4v) is 1.26. The van der Waals surface area contributed by atoms with Crippen molar-refractivity contribution in [2.24, 2.45) is 0 Å². The van der Waals surface area contributed by atoms with E-state index in [1.807, 2.05) is 6.07 Å². The van der Waals surface area contributed by atoms with Crippen LogP contribution in [-0.2, 0) is 0 Å². The lowest BCUT2D eigenvalue weighted by molar-refractivity contribution is 0.111. The quantitative estimate of drug-likeness (QED) is 0.475. The number of rotatable bonds is 1. The van der Waals surface area contributed by atoms with Gasteiger partial charge in [0.05, 0.1) is 11.9 Å². The molecule has 0 amide bonds. The lowest BCUT2D eigenvalue weighted by atomic mass is 10.3. The van der Waals surface area contributed by atoms with Gasteiger partial charge < -0.3 is 0 Å². The minimum atomic E-state index is 0.476. The Morgan fingerprint density at radius 3 is 3.08 bits per heavy atom. The Balaban J connectivity index is 2.93. The molecule has 0 N–H and O–H groups in total. The van der Waals surface area contributed by atoms with Gasteiger partial charge in [-0.25, -0.2) is 4.98 Å². The first-order valence-corrected chi connectivity index (χ1v) is 3.75. The lowest BCUT2D eigenvalue weighted by Crippen LogP contribution is -1.95. The molecule has 0 unspecified atom stereocenters. The largest absolute Gasteiger partial charge is 0.296 e. The first kappa shape index (κ1) is 7.56. The van der Waals surface area contributed by atoms with Gasteiger partial charge in [-0.15, -0.1) is 6.42 Å². The van der Waals surface area contributed by atoms with E-state index >= 15 is 0 Å². The maximum absolute atomic E-state index is 10.6. The molecule has 2 aromatic rings. The number of terminal acetylenes is 1. The molecule has 0 saturated heterocycles. The number of carbonyl (C=O) groups is 1. The average Bonchev–Trinajstić information content (AvgIpc) is 2.60. The molecule has 0 aromatic carbocycles. The van der Waals surface area contributed by atoms with Gasteiger partial charge in [-0.2, -0.15) is 0 Å². The Kier molecular flexibility index (Phi) is 1.60. The van der Waals surface area contributed by atoms with Crippen molar-refractivity contribution in [3.63, 3.8) is 0 Å². The zero-order valence-electron chi connectivity index (χ0n) is 6.77. The zero-order chi connectivity index (χ0) is 9.26. The number of pyridine rings is 1. The summed E-state index contributed by atoms with van der Waals surface area (Å²) < 4.78 is 1.65. The van der Waals surface area contributed by atoms with Crippen molar-refractivity contribution in [1.29, 1.82) is 0 Å². The van der Waals surface area contributed by atoms with Gasteiger partial charge in [-0.1, -0.05) is 12.0 Å². The first-order valence-electron chi connectivity index (χ1n) is 3.75. The number of hydrogen-bond donors (Lipinski definition) is 0. The second kappa shape index (κ2) is 2.76. The van der Waals surface area contributed by atoms with E-state index in [4.69, 9.17) is 6.42 Å². The van der Waals surface area contributed by atoms with Crippen LogP contribution in [0.15, 0.2) is 24.4 Å². The molecule has 0 spiro atoms. The number of aldehydes is 1. The molecule has 0 atom stereocenters. The third-order valence-corrected chi connectivity index (χ3v) is 1.83. The summed E-state index contributed by atoms with van der Waals surface area (Å²) in [6, 6.07) is 5.38. The summed E-state index contributed by atoms with van der Waals surface area (Å²) in [7, 11) is 0. The summed E-state index contributed by atoms with van der Waals surface area (Å²) in [4.78, 5) is 14.7. The number of hydrogen-bond acceptors (Lipinski definition) is 2. The Morgan fingerprint density at radius 1 is 1.54 bits per heavy atom. The standard InChI is InChI=1S/C10H6N2O/c1-2-8-4-3-5-10-11-6-9(7-13)12(8)10/h1,3-7H. The second-order valence-corrected chi connectivity index (χ2v) is 2.55. The van der Waals surface area contributed by atoms with E-state index in [0.29, 0.717) is 17.0 Å². The van der Waals surface area contributed by atoms with Crippen molar-refractivity contribution in [2.75, 3.05) is 0 Å². The summed E-state index contributed by atoms with van der Waals surface area (Å²) in [5.74, 6) is 2.49. The molecule has 2 heterocycles. The van der Waals surface area contributed by atoms with Crippen molar-refractivity contribution in [2.45, 2.75) is 0 Å². The van der Waals surface area contributed by atoms with E-state index in [-0.39, 0.29) is 0 Å². The lowest BCUT2D eigenvalue weighted by Gasteiger charge is -1.98. The highest BCUT2D eigenvalue weighted by Crippen LogP contribution is 2.08. The Hall–Kier alpha value is -2.08. The Bertz CT molecular complexity index is 505. The molecule has 0 bridgehead atoms. The normalized spacial score (nSPS) is 9.77. The molecule has 2 rings (SSSR count). The van der Waals surface area contributed by atoms with Crippen molar-refractivity contribution < 1.29 is 4.79 Å². The molecule has 62 valence electrons. The summed E-state index contributed by atoms with van der Waals surface area (Å²) >= 11 is 0. The van der Waals surface area contributed by atoms with Crippen LogP contribution in [-0.4, -0.2) is 15.7 Å². The highest BCUT2D eigenvalue weighted by Gasteiger charge is 2.03. The monoisotopic (exact) mass is 170 g/mol. The van der Waals surface area contributed by atoms with Gasteiger partial charge in [0.2, 0.25) is 0 Å². The third-order valence-electron chi connectivity index (χ3n) is 1.83. The van der Waals surface area contributed by atoms with Crippen LogP contribution in [0.4, 0.5) is 0 Å². The van der Waals surface area contributed by atoms with Crippen LogP contribution in [0.1, 0.15) is 16.2 Å². The molecular formula is C10H6N2O. The maximum Gasteiger partial charge on any atom is 0.168 e. The van der Waals surface area contributed by atoms with E-state index in [2.05, 4.69) is 10.9 Å². The topological polar surface area (TPSA) is 34.4 Å². The smallest absolute Gasteiger partial charge is 0.168 e. The highest BCUT2D eigenvalue weighted by atomic mass is 16.1. The number of carbonyl (C=O) groups excluding carboxylic acids is 1. The molecule has 3 nitrogen and oxygen atoms in total. The van der Waals surface area contributed by atoms with Gasteiger partial charge >= 0.3 is 0 Å². The molecule has 0 aliphatic heterocycles. The predicted octanol–water partition coefficient (Wildman–Crippen LogP) is 1.13. The van der Waals surface area contributed by atoms with Crippen molar-refractivity contribution >= 4 is 11.9 Å². The molecule has 3 heteroatoms. The summed E-state index contributed by atoms with van der Waals surface area (Å²) in [5, 5.41) is 0. The maximum atomic E-state index is 10.6. The average molecular weight is 170 g/mol. The molecule has 2 aromatic heterocycles. The Morgan fingerprint density at radius 2 is 2.38 bits per heavy atom. The number of fused-ring (bicyclic) bond motifs is 1. The fraction of sp³-hybridized carbons (Fsp3) is 0. The molecular weight excluding hydrogens is 164 g/mol. The number of aromatic nitrogens is 2. The van der Waals surface area contributed by atoms with Crippen LogP contribution in [0.3, 0.4) is 0 Å². The van der Waals surface area contributed by atoms with Crippen LogP contribution in [0, 0.1) is 12.3 Å². The predicted molar refractivity (Wildman–Crippen MR) is 48.5 cm³/mol. The SMILES string of the molecule is C#Cc1cccc2ncc(C=O)n12. The van der Waals surface area contributed by atoms with E-state index in [0.717, 1.165) is 6.29 Å². The molecule has 0 aliphatic carbocycles. The number of imidazole rings is 1. The van der Waals surface area contributed by atoms with Crippen molar-refractivity contribution in [3.8, 4) is 12.3 Å². The Labute approximate surface area is 75.0 Å². The van der Waals surface area contributed by atoms with Gasteiger partial charge in [0, 0.05) is 0 Å². The van der Waals surface area contributed by atoms with Crippen LogP contribution < -0.4 is 0 Å².